The highest BCUT2D eigenvalue weighted by Crippen LogP contribution is 2.27. The fraction of sp³-hybridized carbons (Fsp3) is 0.174. The van der Waals surface area contributed by atoms with Crippen molar-refractivity contribution < 1.29 is 19.0 Å². The molecule has 3 rings (SSSR count). The van der Waals surface area contributed by atoms with Crippen LogP contribution in [0.2, 0.25) is 0 Å². The van der Waals surface area contributed by atoms with Crippen LogP contribution in [-0.4, -0.2) is 20.1 Å². The van der Waals surface area contributed by atoms with Gasteiger partial charge in [-0.15, -0.1) is 0 Å². The highest BCUT2D eigenvalue weighted by atomic mass is 16.5. The lowest BCUT2D eigenvalue weighted by Crippen LogP contribution is -2.24. The van der Waals surface area contributed by atoms with Gasteiger partial charge >= 0.3 is 0 Å². The Morgan fingerprint density at radius 2 is 1.54 bits per heavy atom. The summed E-state index contributed by atoms with van der Waals surface area (Å²) in [5.74, 6) is 2.69. The standard InChI is InChI=1S/C23H23NO4/c1-26-21-12-11-17(14-22(21)27-2)15-23(25)24-16-18-7-6-10-20(13-18)28-19-8-4-3-5-9-19/h3-14H,15-16H2,1-2H3,(H,24,25). The molecule has 1 N–H and O–H groups in total. The van der Waals surface area contributed by atoms with E-state index in [-0.39, 0.29) is 12.3 Å². The maximum absolute atomic E-state index is 12.3. The number of hydrogen-bond donors (Lipinski definition) is 1. The number of rotatable bonds is 8. The van der Waals surface area contributed by atoms with Crippen LogP contribution >= 0.6 is 0 Å². The molecule has 0 heterocycles. The lowest BCUT2D eigenvalue weighted by molar-refractivity contribution is -0.120. The molecule has 0 spiro atoms. The molecule has 0 unspecified atom stereocenters. The second kappa shape index (κ2) is 9.46. The molecule has 0 aliphatic rings. The van der Waals surface area contributed by atoms with Gasteiger partial charge in [0.15, 0.2) is 11.5 Å². The molecule has 3 aromatic carbocycles. The third-order valence-electron chi connectivity index (χ3n) is 4.18. The summed E-state index contributed by atoms with van der Waals surface area (Å²) in [4.78, 5) is 12.3. The van der Waals surface area contributed by atoms with Gasteiger partial charge in [0.05, 0.1) is 20.6 Å². The predicted molar refractivity (Wildman–Crippen MR) is 108 cm³/mol. The summed E-state index contributed by atoms with van der Waals surface area (Å²) in [6.45, 7) is 0.429. The number of hydrogen-bond acceptors (Lipinski definition) is 4. The Bertz CT molecular complexity index is 925. The Morgan fingerprint density at radius 3 is 2.29 bits per heavy atom. The van der Waals surface area contributed by atoms with Crippen LogP contribution in [0, 0.1) is 0 Å². The summed E-state index contributed by atoms with van der Waals surface area (Å²) in [5, 5.41) is 2.94. The second-order valence-corrected chi connectivity index (χ2v) is 6.21. The zero-order chi connectivity index (χ0) is 19.8. The number of nitrogens with one attached hydrogen (secondary N) is 1. The monoisotopic (exact) mass is 377 g/mol. The second-order valence-electron chi connectivity index (χ2n) is 6.21. The molecular weight excluding hydrogens is 354 g/mol. The van der Waals surface area contributed by atoms with Crippen LogP contribution in [0.5, 0.6) is 23.0 Å². The quantitative estimate of drug-likeness (QED) is 0.634. The third-order valence-corrected chi connectivity index (χ3v) is 4.18. The van der Waals surface area contributed by atoms with E-state index in [1.807, 2.05) is 66.7 Å². The number of para-hydroxylation sites is 1. The molecule has 0 atom stereocenters. The van der Waals surface area contributed by atoms with Crippen LogP contribution in [0.4, 0.5) is 0 Å². The Hall–Kier alpha value is -3.47. The molecule has 3 aromatic rings. The minimum Gasteiger partial charge on any atom is -0.493 e. The van der Waals surface area contributed by atoms with Crippen molar-refractivity contribution in [3.05, 3.63) is 83.9 Å². The van der Waals surface area contributed by atoms with Gasteiger partial charge in [0.2, 0.25) is 5.91 Å². The van der Waals surface area contributed by atoms with Crippen molar-refractivity contribution in [2.24, 2.45) is 0 Å². The first-order valence-corrected chi connectivity index (χ1v) is 8.97. The molecule has 0 radical (unpaired) electrons. The number of amides is 1. The molecule has 0 fully saturated rings. The summed E-state index contributed by atoms with van der Waals surface area (Å²) in [6.07, 6.45) is 0.264. The highest BCUT2D eigenvalue weighted by Gasteiger charge is 2.08. The van der Waals surface area contributed by atoms with Gasteiger partial charge in [0.1, 0.15) is 11.5 Å². The average molecular weight is 377 g/mol. The predicted octanol–water partition coefficient (Wildman–Crippen LogP) is 4.36. The molecule has 5 heteroatoms. The van der Waals surface area contributed by atoms with Crippen molar-refractivity contribution in [2.45, 2.75) is 13.0 Å². The van der Waals surface area contributed by atoms with Crippen molar-refractivity contribution >= 4 is 5.91 Å². The van der Waals surface area contributed by atoms with Gasteiger partial charge in [-0.3, -0.25) is 4.79 Å². The van der Waals surface area contributed by atoms with Crippen LogP contribution in [0.25, 0.3) is 0 Å². The number of carbonyl (C=O) groups excluding carboxylic acids is 1. The molecule has 0 saturated carbocycles. The van der Waals surface area contributed by atoms with Crippen molar-refractivity contribution in [3.63, 3.8) is 0 Å². The van der Waals surface area contributed by atoms with Gasteiger partial charge in [0, 0.05) is 6.54 Å². The van der Waals surface area contributed by atoms with E-state index in [0.717, 1.165) is 22.6 Å². The largest absolute Gasteiger partial charge is 0.493 e. The third kappa shape index (κ3) is 5.27. The lowest BCUT2D eigenvalue weighted by Gasteiger charge is -2.11. The van der Waals surface area contributed by atoms with Crippen LogP contribution in [-0.2, 0) is 17.8 Å². The summed E-state index contributed by atoms with van der Waals surface area (Å²) in [5.41, 5.74) is 1.82. The van der Waals surface area contributed by atoms with E-state index in [0.29, 0.717) is 18.0 Å². The van der Waals surface area contributed by atoms with Crippen LogP contribution in [0.1, 0.15) is 11.1 Å². The van der Waals surface area contributed by atoms with Gasteiger partial charge in [0.25, 0.3) is 0 Å². The summed E-state index contributed by atoms with van der Waals surface area (Å²) in [6, 6.07) is 22.7. The molecule has 1 amide bonds. The van der Waals surface area contributed by atoms with E-state index in [1.54, 1.807) is 20.3 Å². The topological polar surface area (TPSA) is 56.8 Å². The molecular formula is C23H23NO4. The normalized spacial score (nSPS) is 10.2. The van der Waals surface area contributed by atoms with E-state index < -0.39 is 0 Å². The average Bonchev–Trinajstić information content (AvgIpc) is 2.73. The SMILES string of the molecule is COc1ccc(CC(=O)NCc2cccc(Oc3ccccc3)c2)cc1OC. The van der Waals surface area contributed by atoms with Crippen molar-refractivity contribution in [1.82, 2.24) is 5.32 Å². The smallest absolute Gasteiger partial charge is 0.224 e. The van der Waals surface area contributed by atoms with Gasteiger partial charge in [-0.05, 0) is 47.5 Å². The lowest BCUT2D eigenvalue weighted by atomic mass is 10.1. The Kier molecular flexibility index (Phi) is 6.52. The Balaban J connectivity index is 1.57. The van der Waals surface area contributed by atoms with Crippen molar-refractivity contribution in [2.75, 3.05) is 14.2 Å². The van der Waals surface area contributed by atoms with Crippen LogP contribution in [0.15, 0.2) is 72.8 Å². The zero-order valence-corrected chi connectivity index (χ0v) is 16.0. The Labute approximate surface area is 164 Å². The maximum Gasteiger partial charge on any atom is 0.224 e. The van der Waals surface area contributed by atoms with Gasteiger partial charge in [-0.2, -0.15) is 0 Å². The summed E-state index contributed by atoms with van der Waals surface area (Å²) in [7, 11) is 3.16. The number of methoxy groups -OCH3 is 2. The molecule has 5 nitrogen and oxygen atoms in total. The molecule has 0 aliphatic carbocycles. The minimum atomic E-state index is -0.0680. The van der Waals surface area contributed by atoms with Gasteiger partial charge in [-0.1, -0.05) is 36.4 Å². The molecule has 28 heavy (non-hydrogen) atoms. The first kappa shape index (κ1) is 19.3. The Morgan fingerprint density at radius 1 is 0.786 bits per heavy atom. The van der Waals surface area contributed by atoms with Crippen molar-refractivity contribution in [1.29, 1.82) is 0 Å². The fourth-order valence-corrected chi connectivity index (χ4v) is 2.78. The highest BCUT2D eigenvalue weighted by molar-refractivity contribution is 5.78. The van der Waals surface area contributed by atoms with E-state index in [9.17, 15) is 4.79 Å². The van der Waals surface area contributed by atoms with E-state index in [2.05, 4.69) is 5.32 Å². The van der Waals surface area contributed by atoms with Crippen LogP contribution < -0.4 is 19.5 Å². The van der Waals surface area contributed by atoms with Crippen LogP contribution in [0.3, 0.4) is 0 Å². The molecule has 144 valence electrons. The van der Waals surface area contributed by atoms with E-state index >= 15 is 0 Å². The van der Waals surface area contributed by atoms with E-state index in [4.69, 9.17) is 14.2 Å². The maximum atomic E-state index is 12.3. The molecule has 0 aliphatic heterocycles. The van der Waals surface area contributed by atoms with Gasteiger partial charge < -0.3 is 19.5 Å². The number of carbonyl (C=O) groups is 1. The zero-order valence-electron chi connectivity index (χ0n) is 16.0. The minimum absolute atomic E-state index is 0.0680. The molecule has 0 bridgehead atoms. The summed E-state index contributed by atoms with van der Waals surface area (Å²) >= 11 is 0. The number of benzene rings is 3. The first-order chi connectivity index (χ1) is 13.7. The summed E-state index contributed by atoms with van der Waals surface area (Å²) < 4.78 is 16.3. The molecule has 0 saturated heterocycles. The van der Waals surface area contributed by atoms with E-state index in [1.165, 1.54) is 0 Å². The first-order valence-electron chi connectivity index (χ1n) is 8.97. The van der Waals surface area contributed by atoms with Gasteiger partial charge in [-0.25, -0.2) is 0 Å². The fourth-order valence-electron chi connectivity index (χ4n) is 2.78. The number of ether oxygens (including phenoxy) is 3. The van der Waals surface area contributed by atoms with Crippen molar-refractivity contribution in [3.8, 4) is 23.0 Å². The molecule has 0 aromatic heterocycles.